The third-order valence-electron chi connectivity index (χ3n) is 8.32. The number of hydrogen-bond donors (Lipinski definition) is 4. The fourth-order valence-electron chi connectivity index (χ4n) is 5.72. The first kappa shape index (κ1) is 30.3. The van der Waals surface area contributed by atoms with Gasteiger partial charge in [0.25, 0.3) is 0 Å². The molecule has 0 saturated heterocycles. The molecule has 6 rings (SSSR count). The number of hydrogen-bond acceptors (Lipinski definition) is 8. The van der Waals surface area contributed by atoms with Crippen molar-refractivity contribution in [1.82, 2.24) is 9.13 Å². The monoisotopic (exact) mass is 616 g/mol. The lowest BCUT2D eigenvalue weighted by Crippen LogP contribution is -2.25. The molecule has 0 aliphatic heterocycles. The lowest BCUT2D eigenvalue weighted by molar-refractivity contribution is -0.657. The summed E-state index contributed by atoms with van der Waals surface area (Å²) in [5, 5.41) is 21.9. The minimum absolute atomic E-state index is 0.497. The maximum Gasteiger partial charge on any atom is 0.421 e. The quantitative estimate of drug-likeness (QED) is 0.0552. The molecule has 0 aliphatic rings. The molecule has 6 aromatic rings. The van der Waals surface area contributed by atoms with Crippen molar-refractivity contribution in [1.29, 1.82) is 0 Å². The molecule has 2 heterocycles. The van der Waals surface area contributed by atoms with Gasteiger partial charge in [0.05, 0.1) is 74.7 Å². The molecular formula is C34H40N12+2. The summed E-state index contributed by atoms with van der Waals surface area (Å²) in [6.45, 7) is 1.69. The Hall–Kier alpha value is -5.78. The average molecular weight is 617 g/mol. The predicted octanol–water partition coefficient (Wildman–Crippen LogP) is 6.67. The standard InChI is InChI=1S/C34H38N12/c1-43-17-19-45(33(43)41-39-29-21-27(35)31(37)25-13-7-5-11-23(25)29)15-9-3-4-10-16-46-20-18-44(2)34(46)42-40-30-22-28(36)32(38)26-14-8-6-12-24(26)30/h5-8,11-14,17-22,37-38H,3-4,9-10,15-16H2,1-2H3,(H4,35,36,39,40)/p+2. The third-order valence-corrected chi connectivity index (χ3v) is 8.32. The van der Waals surface area contributed by atoms with Crippen molar-refractivity contribution in [2.75, 3.05) is 22.9 Å². The fraction of sp³-hybridized carbons (Fsp3) is 0.235. The molecule has 4 aromatic carbocycles. The molecule has 0 atom stereocenters. The van der Waals surface area contributed by atoms with E-state index in [4.69, 9.17) is 22.9 Å². The molecule has 46 heavy (non-hydrogen) atoms. The summed E-state index contributed by atoms with van der Waals surface area (Å²) < 4.78 is 8.20. The van der Waals surface area contributed by atoms with Crippen molar-refractivity contribution in [2.24, 2.45) is 34.6 Å². The molecule has 0 radical (unpaired) electrons. The van der Waals surface area contributed by atoms with Crippen LogP contribution >= 0.6 is 0 Å². The Balaban J connectivity index is 1.05. The molecule has 12 heteroatoms. The highest BCUT2D eigenvalue weighted by atomic mass is 15.3. The molecule has 0 fully saturated rings. The van der Waals surface area contributed by atoms with Gasteiger partial charge in [-0.15, -0.1) is 0 Å². The van der Waals surface area contributed by atoms with Gasteiger partial charge >= 0.3 is 11.9 Å². The van der Waals surface area contributed by atoms with E-state index in [2.05, 4.69) is 29.6 Å². The number of imidazole rings is 2. The number of benzene rings is 4. The molecule has 234 valence electrons. The number of aromatic nitrogens is 4. The van der Waals surface area contributed by atoms with E-state index in [1.54, 1.807) is 12.1 Å². The van der Waals surface area contributed by atoms with Gasteiger partial charge in [0, 0.05) is 31.8 Å². The maximum atomic E-state index is 6.19. The SMILES string of the molecule is C[n+]1ccn(CCCCCCn2cc[n+](C)c2N=Nc2cc(N)c(N)c3ccccc23)c1N=Nc1cc(N)c(N)c2ccccc12. The van der Waals surface area contributed by atoms with Crippen LogP contribution in [0, 0.1) is 0 Å². The van der Waals surface area contributed by atoms with E-state index in [1.807, 2.05) is 96.5 Å². The van der Waals surface area contributed by atoms with Crippen LogP contribution in [-0.2, 0) is 27.2 Å². The Kier molecular flexibility index (Phi) is 8.59. The number of unbranched alkanes of at least 4 members (excludes halogenated alkanes) is 3. The third kappa shape index (κ3) is 6.09. The molecule has 0 aliphatic carbocycles. The van der Waals surface area contributed by atoms with Gasteiger partial charge in [0.2, 0.25) is 0 Å². The summed E-state index contributed by atoms with van der Waals surface area (Å²) in [5.74, 6) is 1.54. The minimum Gasteiger partial charge on any atom is -0.397 e. The van der Waals surface area contributed by atoms with E-state index in [0.717, 1.165) is 72.2 Å². The Morgan fingerprint density at radius 1 is 0.543 bits per heavy atom. The van der Waals surface area contributed by atoms with Crippen LogP contribution in [-0.4, -0.2) is 9.13 Å². The number of azo groups is 2. The smallest absolute Gasteiger partial charge is 0.397 e. The normalized spacial score (nSPS) is 12.0. The zero-order valence-electron chi connectivity index (χ0n) is 26.2. The van der Waals surface area contributed by atoms with Crippen molar-refractivity contribution in [2.45, 2.75) is 38.8 Å². The number of nitrogen functional groups attached to an aromatic ring is 4. The largest absolute Gasteiger partial charge is 0.421 e. The molecule has 12 nitrogen and oxygen atoms in total. The fourth-order valence-corrected chi connectivity index (χ4v) is 5.72. The van der Waals surface area contributed by atoms with Gasteiger partial charge in [0.15, 0.2) is 0 Å². The lowest BCUT2D eigenvalue weighted by Gasteiger charge is -2.07. The highest BCUT2D eigenvalue weighted by Crippen LogP contribution is 2.36. The number of nitrogens with zero attached hydrogens (tertiary/aromatic N) is 8. The summed E-state index contributed by atoms with van der Waals surface area (Å²) in [7, 11) is 3.94. The molecule has 8 N–H and O–H groups in total. The zero-order chi connectivity index (χ0) is 32.2. The Bertz CT molecular complexity index is 1940. The van der Waals surface area contributed by atoms with E-state index in [-0.39, 0.29) is 0 Å². The number of fused-ring (bicyclic) bond motifs is 2. The number of nitrogens with two attached hydrogens (primary N) is 4. The van der Waals surface area contributed by atoms with Crippen LogP contribution in [0.15, 0.2) is 106 Å². The predicted molar refractivity (Wildman–Crippen MR) is 184 cm³/mol. The van der Waals surface area contributed by atoms with E-state index >= 15 is 0 Å². The topological polar surface area (TPSA) is 171 Å². The summed E-state index contributed by atoms with van der Waals surface area (Å²) >= 11 is 0. The van der Waals surface area contributed by atoms with Crippen LogP contribution in [0.3, 0.4) is 0 Å². The summed E-state index contributed by atoms with van der Waals surface area (Å²) in [6.07, 6.45) is 12.3. The molecule has 0 amide bonds. The van der Waals surface area contributed by atoms with Gasteiger partial charge in [-0.25, -0.2) is 18.3 Å². The summed E-state index contributed by atoms with van der Waals surface area (Å²) in [5.41, 5.74) is 28.2. The van der Waals surface area contributed by atoms with E-state index < -0.39 is 0 Å². The van der Waals surface area contributed by atoms with Crippen molar-refractivity contribution in [3.05, 3.63) is 85.5 Å². The van der Waals surface area contributed by atoms with Gasteiger partial charge < -0.3 is 22.9 Å². The Labute approximate surface area is 267 Å². The van der Waals surface area contributed by atoms with Crippen LogP contribution in [0.2, 0.25) is 0 Å². The van der Waals surface area contributed by atoms with E-state index in [9.17, 15) is 0 Å². The first-order valence-corrected chi connectivity index (χ1v) is 15.4. The van der Waals surface area contributed by atoms with Crippen LogP contribution in [0.5, 0.6) is 0 Å². The van der Waals surface area contributed by atoms with Crippen molar-refractivity contribution < 1.29 is 9.13 Å². The van der Waals surface area contributed by atoms with Crippen molar-refractivity contribution in [3.8, 4) is 0 Å². The van der Waals surface area contributed by atoms with Crippen molar-refractivity contribution in [3.63, 3.8) is 0 Å². The molecule has 0 saturated carbocycles. The van der Waals surface area contributed by atoms with E-state index in [0.29, 0.717) is 34.1 Å². The Morgan fingerprint density at radius 3 is 1.35 bits per heavy atom. The summed E-state index contributed by atoms with van der Waals surface area (Å²) in [6, 6.07) is 19.2. The molecule has 2 aromatic heterocycles. The second-order valence-corrected chi connectivity index (χ2v) is 11.5. The number of anilines is 4. The first-order chi connectivity index (χ1) is 22.3. The maximum absolute atomic E-state index is 6.19. The molecule has 0 unspecified atom stereocenters. The summed E-state index contributed by atoms with van der Waals surface area (Å²) in [4.78, 5) is 0. The molecule has 0 bridgehead atoms. The van der Waals surface area contributed by atoms with Gasteiger partial charge in [-0.05, 0) is 25.0 Å². The van der Waals surface area contributed by atoms with E-state index in [1.165, 1.54) is 0 Å². The van der Waals surface area contributed by atoms with Gasteiger partial charge in [-0.3, -0.25) is 0 Å². The lowest BCUT2D eigenvalue weighted by atomic mass is 10.1. The first-order valence-electron chi connectivity index (χ1n) is 15.4. The van der Waals surface area contributed by atoms with Gasteiger partial charge in [-0.1, -0.05) is 71.6 Å². The van der Waals surface area contributed by atoms with Crippen molar-refractivity contribution >= 4 is 67.6 Å². The molecule has 0 spiro atoms. The Morgan fingerprint density at radius 2 is 0.935 bits per heavy atom. The molecular weight excluding hydrogens is 576 g/mol. The van der Waals surface area contributed by atoms with Gasteiger partial charge in [-0.2, -0.15) is 0 Å². The minimum atomic E-state index is 0.497. The number of aryl methyl sites for hydroxylation is 4. The van der Waals surface area contributed by atoms with Gasteiger partial charge in [0.1, 0.15) is 11.4 Å². The highest BCUT2D eigenvalue weighted by Gasteiger charge is 2.17. The number of rotatable bonds is 11. The zero-order valence-corrected chi connectivity index (χ0v) is 26.2. The van der Waals surface area contributed by atoms with Crippen LogP contribution in [0.1, 0.15) is 25.7 Å². The van der Waals surface area contributed by atoms with Crippen LogP contribution in [0.25, 0.3) is 21.5 Å². The van der Waals surface area contributed by atoms with Crippen LogP contribution < -0.4 is 32.1 Å². The second-order valence-electron chi connectivity index (χ2n) is 11.5. The second kappa shape index (κ2) is 13.1. The average Bonchev–Trinajstić information content (AvgIpc) is 3.61. The van der Waals surface area contributed by atoms with Crippen LogP contribution in [0.4, 0.5) is 46.0 Å². The highest BCUT2D eigenvalue weighted by molar-refractivity contribution is 6.05.